The van der Waals surface area contributed by atoms with E-state index >= 15 is 0 Å². The van der Waals surface area contributed by atoms with Gasteiger partial charge in [-0.25, -0.2) is 0 Å². The molecule has 2 aromatic carbocycles. The SMILES string of the molecule is CCC[C@@H](C(=O)c1ccccc1)[C@H](c1ccccc1)C(C(=O)OC)C(=O)OC. The van der Waals surface area contributed by atoms with Gasteiger partial charge >= 0.3 is 11.9 Å². The number of rotatable bonds is 9. The van der Waals surface area contributed by atoms with Crippen LogP contribution in [0.1, 0.15) is 41.6 Å². The second-order valence-electron chi connectivity index (χ2n) is 6.59. The number of benzene rings is 2. The zero-order valence-electron chi connectivity index (χ0n) is 16.5. The van der Waals surface area contributed by atoms with Gasteiger partial charge in [0.15, 0.2) is 11.7 Å². The van der Waals surface area contributed by atoms with E-state index in [0.717, 1.165) is 12.0 Å². The summed E-state index contributed by atoms with van der Waals surface area (Å²) in [5.41, 5.74) is 1.28. The summed E-state index contributed by atoms with van der Waals surface area (Å²) in [4.78, 5) is 38.5. The number of carbonyl (C=O) groups is 3. The number of hydrogen-bond donors (Lipinski definition) is 0. The highest BCUT2D eigenvalue weighted by molar-refractivity contribution is 6.01. The van der Waals surface area contributed by atoms with Crippen LogP contribution in [0.5, 0.6) is 0 Å². The maximum Gasteiger partial charge on any atom is 0.320 e. The minimum atomic E-state index is -1.22. The molecule has 0 aliphatic rings. The molecule has 0 heterocycles. The van der Waals surface area contributed by atoms with Crippen molar-refractivity contribution in [2.75, 3.05) is 14.2 Å². The van der Waals surface area contributed by atoms with Gasteiger partial charge in [-0.2, -0.15) is 0 Å². The first-order valence-electron chi connectivity index (χ1n) is 9.35. The van der Waals surface area contributed by atoms with Crippen LogP contribution in [0.2, 0.25) is 0 Å². The maximum absolute atomic E-state index is 13.4. The first-order chi connectivity index (χ1) is 13.5. The van der Waals surface area contributed by atoms with E-state index in [1.807, 2.05) is 43.3 Å². The van der Waals surface area contributed by atoms with Crippen molar-refractivity contribution in [1.82, 2.24) is 0 Å². The van der Waals surface area contributed by atoms with E-state index in [4.69, 9.17) is 9.47 Å². The summed E-state index contributed by atoms with van der Waals surface area (Å²) in [7, 11) is 2.46. The fraction of sp³-hybridized carbons (Fsp3) is 0.348. The summed E-state index contributed by atoms with van der Waals surface area (Å²) in [5.74, 6) is -3.99. The van der Waals surface area contributed by atoms with E-state index in [1.54, 1.807) is 24.3 Å². The molecule has 0 radical (unpaired) electrons. The largest absolute Gasteiger partial charge is 0.468 e. The lowest BCUT2D eigenvalue weighted by molar-refractivity contribution is -0.160. The van der Waals surface area contributed by atoms with Crippen LogP contribution in [-0.2, 0) is 19.1 Å². The third kappa shape index (κ3) is 4.85. The average Bonchev–Trinajstić information content (AvgIpc) is 2.76. The molecular formula is C23H26O5. The normalized spacial score (nSPS) is 12.9. The van der Waals surface area contributed by atoms with Crippen molar-refractivity contribution in [3.63, 3.8) is 0 Å². The second kappa shape index (κ2) is 10.4. The Morgan fingerprint density at radius 3 is 1.79 bits per heavy atom. The van der Waals surface area contributed by atoms with Gasteiger partial charge in [-0.15, -0.1) is 0 Å². The van der Waals surface area contributed by atoms with Crippen molar-refractivity contribution in [3.8, 4) is 0 Å². The molecule has 0 unspecified atom stereocenters. The van der Waals surface area contributed by atoms with Gasteiger partial charge in [-0.05, 0) is 12.0 Å². The fourth-order valence-corrected chi connectivity index (χ4v) is 3.58. The minimum absolute atomic E-state index is 0.103. The molecule has 0 amide bonds. The lowest BCUT2D eigenvalue weighted by atomic mass is 9.72. The van der Waals surface area contributed by atoms with Crippen LogP contribution in [0, 0.1) is 11.8 Å². The van der Waals surface area contributed by atoms with Crippen molar-refractivity contribution in [2.45, 2.75) is 25.7 Å². The van der Waals surface area contributed by atoms with Crippen LogP contribution < -0.4 is 0 Å². The summed E-state index contributed by atoms with van der Waals surface area (Å²) in [6.07, 6.45) is 1.25. The topological polar surface area (TPSA) is 69.7 Å². The molecule has 0 saturated carbocycles. The maximum atomic E-state index is 13.4. The molecule has 0 fully saturated rings. The molecule has 0 bridgehead atoms. The molecule has 148 valence electrons. The smallest absolute Gasteiger partial charge is 0.320 e. The predicted molar refractivity (Wildman–Crippen MR) is 106 cm³/mol. The Morgan fingerprint density at radius 1 is 0.821 bits per heavy atom. The Labute approximate surface area is 165 Å². The van der Waals surface area contributed by atoms with Gasteiger partial charge in [0.25, 0.3) is 0 Å². The first-order valence-corrected chi connectivity index (χ1v) is 9.35. The van der Waals surface area contributed by atoms with Crippen molar-refractivity contribution in [3.05, 3.63) is 71.8 Å². The van der Waals surface area contributed by atoms with Gasteiger partial charge in [-0.3, -0.25) is 14.4 Å². The molecule has 0 aliphatic carbocycles. The summed E-state index contributed by atoms with van der Waals surface area (Å²) in [5, 5.41) is 0. The highest BCUT2D eigenvalue weighted by atomic mass is 16.5. The van der Waals surface area contributed by atoms with Crippen molar-refractivity contribution >= 4 is 17.7 Å². The third-order valence-electron chi connectivity index (χ3n) is 4.88. The zero-order chi connectivity index (χ0) is 20.5. The Hall–Kier alpha value is -2.95. The van der Waals surface area contributed by atoms with E-state index in [2.05, 4.69) is 0 Å². The molecule has 2 aromatic rings. The predicted octanol–water partition coefficient (Wildman–Crippen LogP) is 4.03. The molecule has 0 saturated heterocycles. The number of carbonyl (C=O) groups excluding carboxylic acids is 3. The quantitative estimate of drug-likeness (QED) is 0.372. The van der Waals surface area contributed by atoms with Crippen LogP contribution in [0.15, 0.2) is 60.7 Å². The van der Waals surface area contributed by atoms with Crippen LogP contribution in [-0.4, -0.2) is 31.9 Å². The molecule has 5 nitrogen and oxygen atoms in total. The number of ether oxygens (including phenoxy) is 2. The highest BCUT2D eigenvalue weighted by Gasteiger charge is 2.44. The molecular weight excluding hydrogens is 356 g/mol. The molecule has 0 N–H and O–H groups in total. The summed E-state index contributed by atoms with van der Waals surface area (Å²) in [6.45, 7) is 1.97. The van der Waals surface area contributed by atoms with E-state index in [0.29, 0.717) is 12.0 Å². The van der Waals surface area contributed by atoms with Crippen molar-refractivity contribution in [1.29, 1.82) is 0 Å². The fourth-order valence-electron chi connectivity index (χ4n) is 3.58. The van der Waals surface area contributed by atoms with Crippen LogP contribution in [0.4, 0.5) is 0 Å². The standard InChI is InChI=1S/C23H26O5/c1-4-11-18(21(24)17-14-9-6-10-15-17)19(16-12-7-5-8-13-16)20(22(25)27-2)23(26)28-3/h5-10,12-15,18-20H,4,11H2,1-3H3/t18-,19+/m1/s1. The van der Waals surface area contributed by atoms with E-state index in [-0.39, 0.29) is 5.78 Å². The first kappa shape index (κ1) is 21.4. The zero-order valence-corrected chi connectivity index (χ0v) is 16.5. The van der Waals surface area contributed by atoms with Crippen LogP contribution >= 0.6 is 0 Å². The van der Waals surface area contributed by atoms with Crippen LogP contribution in [0.25, 0.3) is 0 Å². The van der Waals surface area contributed by atoms with Gasteiger partial charge in [0.1, 0.15) is 0 Å². The minimum Gasteiger partial charge on any atom is -0.468 e. The Kier molecular flexibility index (Phi) is 7.93. The van der Waals surface area contributed by atoms with Gasteiger partial charge < -0.3 is 9.47 Å². The Balaban J connectivity index is 2.61. The van der Waals surface area contributed by atoms with Gasteiger partial charge in [0.2, 0.25) is 0 Å². The van der Waals surface area contributed by atoms with Gasteiger partial charge in [-0.1, -0.05) is 74.0 Å². The number of esters is 2. The van der Waals surface area contributed by atoms with Gasteiger partial charge in [0, 0.05) is 17.4 Å². The molecule has 0 aliphatic heterocycles. The van der Waals surface area contributed by atoms with E-state index in [9.17, 15) is 14.4 Å². The molecule has 2 rings (SSSR count). The highest BCUT2D eigenvalue weighted by Crippen LogP contribution is 2.38. The summed E-state index contributed by atoms with van der Waals surface area (Å²) >= 11 is 0. The van der Waals surface area contributed by atoms with Gasteiger partial charge in [0.05, 0.1) is 14.2 Å². The lowest BCUT2D eigenvalue weighted by Gasteiger charge is -2.30. The summed E-state index contributed by atoms with van der Waals surface area (Å²) in [6, 6.07) is 18.1. The molecule has 28 heavy (non-hydrogen) atoms. The van der Waals surface area contributed by atoms with Crippen molar-refractivity contribution in [2.24, 2.45) is 11.8 Å². The molecule has 0 aromatic heterocycles. The second-order valence-corrected chi connectivity index (χ2v) is 6.59. The number of Topliss-reactive ketones (excluding diaryl/α,β-unsaturated/α-hetero) is 1. The third-order valence-corrected chi connectivity index (χ3v) is 4.88. The monoisotopic (exact) mass is 382 g/mol. The van der Waals surface area contributed by atoms with Crippen molar-refractivity contribution < 1.29 is 23.9 Å². The molecule has 2 atom stereocenters. The Bertz CT molecular complexity index is 769. The number of ketones is 1. The van der Waals surface area contributed by atoms with E-state index < -0.39 is 29.7 Å². The molecule has 0 spiro atoms. The van der Waals surface area contributed by atoms with Crippen LogP contribution in [0.3, 0.4) is 0 Å². The van der Waals surface area contributed by atoms with E-state index in [1.165, 1.54) is 14.2 Å². The number of hydrogen-bond acceptors (Lipinski definition) is 5. The summed E-state index contributed by atoms with van der Waals surface area (Å²) < 4.78 is 9.80. The lowest BCUT2D eigenvalue weighted by Crippen LogP contribution is -2.38. The Morgan fingerprint density at radius 2 is 1.32 bits per heavy atom. The molecule has 5 heteroatoms. The average molecular weight is 382 g/mol. The number of methoxy groups -OCH3 is 2.